The number of nitrogens with zero attached hydrogens (tertiary/aromatic N) is 1. The van der Waals surface area contributed by atoms with Gasteiger partial charge in [-0.05, 0) is 24.3 Å². The quantitative estimate of drug-likeness (QED) is 0.867. The Morgan fingerprint density at radius 2 is 2.11 bits per heavy atom. The molecule has 0 saturated heterocycles. The highest BCUT2D eigenvalue weighted by Crippen LogP contribution is 2.21. The second-order valence-electron chi connectivity index (χ2n) is 3.64. The van der Waals surface area contributed by atoms with Crippen molar-refractivity contribution in [2.75, 3.05) is 12.4 Å². The summed E-state index contributed by atoms with van der Waals surface area (Å²) in [6.07, 6.45) is 1.22. The average molecular weight is 264 g/mol. The molecule has 0 aliphatic carbocycles. The lowest BCUT2D eigenvalue weighted by Gasteiger charge is -2.08. The minimum Gasteiger partial charge on any atom is -0.497 e. The van der Waals surface area contributed by atoms with Crippen LogP contribution in [0.4, 0.5) is 14.5 Å². The fourth-order valence-electron chi connectivity index (χ4n) is 1.47. The topological polar surface area (TPSA) is 51.2 Å². The molecule has 0 saturated carbocycles. The molecule has 0 radical (unpaired) electrons. The number of pyridine rings is 1. The first kappa shape index (κ1) is 12.9. The smallest absolute Gasteiger partial charge is 0.260 e. The van der Waals surface area contributed by atoms with E-state index in [1.54, 1.807) is 0 Å². The van der Waals surface area contributed by atoms with Crippen LogP contribution < -0.4 is 10.1 Å². The molecule has 0 spiro atoms. The number of carbonyl (C=O) groups is 1. The largest absolute Gasteiger partial charge is 0.497 e. The van der Waals surface area contributed by atoms with Crippen molar-refractivity contribution in [3.05, 3.63) is 53.9 Å². The van der Waals surface area contributed by atoms with Crippen LogP contribution in [0.5, 0.6) is 5.75 Å². The van der Waals surface area contributed by atoms with E-state index in [1.165, 1.54) is 37.6 Å². The van der Waals surface area contributed by atoms with Gasteiger partial charge in [0.15, 0.2) is 0 Å². The maximum Gasteiger partial charge on any atom is 0.260 e. The maximum absolute atomic E-state index is 13.5. The third-order valence-corrected chi connectivity index (χ3v) is 2.43. The van der Waals surface area contributed by atoms with Crippen LogP contribution in [-0.4, -0.2) is 18.0 Å². The Balaban J connectivity index is 2.26. The van der Waals surface area contributed by atoms with Crippen LogP contribution in [0.25, 0.3) is 0 Å². The average Bonchev–Trinajstić information content (AvgIpc) is 2.41. The zero-order chi connectivity index (χ0) is 13.8. The molecule has 1 amide bonds. The van der Waals surface area contributed by atoms with Gasteiger partial charge >= 0.3 is 0 Å². The van der Waals surface area contributed by atoms with Crippen LogP contribution in [0.3, 0.4) is 0 Å². The van der Waals surface area contributed by atoms with Gasteiger partial charge in [-0.3, -0.25) is 4.79 Å². The van der Waals surface area contributed by atoms with Crippen molar-refractivity contribution < 1.29 is 18.3 Å². The predicted octanol–water partition coefficient (Wildman–Crippen LogP) is 2.62. The molecule has 19 heavy (non-hydrogen) atoms. The molecule has 0 aliphatic heterocycles. The third-order valence-electron chi connectivity index (χ3n) is 2.43. The van der Waals surface area contributed by atoms with Gasteiger partial charge in [0.2, 0.25) is 5.95 Å². The number of rotatable bonds is 3. The summed E-state index contributed by atoms with van der Waals surface area (Å²) >= 11 is 0. The molecule has 0 unspecified atom stereocenters. The van der Waals surface area contributed by atoms with Crippen molar-refractivity contribution in [1.29, 1.82) is 0 Å². The highest BCUT2D eigenvalue weighted by molar-refractivity contribution is 6.04. The van der Waals surface area contributed by atoms with Gasteiger partial charge in [-0.25, -0.2) is 9.37 Å². The number of aromatic nitrogens is 1. The number of halogens is 2. The lowest BCUT2D eigenvalue weighted by Crippen LogP contribution is -2.15. The number of hydrogen-bond donors (Lipinski definition) is 1. The molecular weight excluding hydrogens is 254 g/mol. The zero-order valence-corrected chi connectivity index (χ0v) is 9.98. The summed E-state index contributed by atoms with van der Waals surface area (Å²) in [6.45, 7) is 0. The first-order valence-electron chi connectivity index (χ1n) is 5.37. The Hall–Kier alpha value is -2.50. The molecule has 0 aliphatic rings. The van der Waals surface area contributed by atoms with Crippen molar-refractivity contribution in [2.45, 2.75) is 0 Å². The van der Waals surface area contributed by atoms with Gasteiger partial charge in [0.25, 0.3) is 5.91 Å². The number of hydrogen-bond acceptors (Lipinski definition) is 3. The van der Waals surface area contributed by atoms with E-state index in [9.17, 15) is 13.6 Å². The summed E-state index contributed by atoms with van der Waals surface area (Å²) in [6, 6.07) is 6.54. The minimum absolute atomic E-state index is 0.0902. The van der Waals surface area contributed by atoms with Crippen LogP contribution in [0.15, 0.2) is 36.5 Å². The normalized spacial score (nSPS) is 10.1. The Labute approximate surface area is 108 Å². The molecule has 0 fully saturated rings. The molecule has 1 aromatic carbocycles. The maximum atomic E-state index is 13.5. The van der Waals surface area contributed by atoms with Crippen molar-refractivity contribution in [1.82, 2.24) is 4.98 Å². The summed E-state index contributed by atoms with van der Waals surface area (Å²) in [4.78, 5) is 15.1. The van der Waals surface area contributed by atoms with Crippen molar-refractivity contribution in [3.63, 3.8) is 0 Å². The molecular formula is C13H10F2N2O2. The number of anilines is 1. The van der Waals surface area contributed by atoms with Crippen molar-refractivity contribution >= 4 is 11.6 Å². The molecule has 98 valence electrons. The highest BCUT2D eigenvalue weighted by Gasteiger charge is 2.14. The van der Waals surface area contributed by atoms with Gasteiger partial charge in [-0.2, -0.15) is 4.39 Å². The number of amides is 1. The number of carbonyl (C=O) groups excluding carboxylic acids is 1. The second kappa shape index (κ2) is 5.43. The highest BCUT2D eigenvalue weighted by atomic mass is 19.1. The molecule has 6 heteroatoms. The Kier molecular flexibility index (Phi) is 3.70. The molecule has 4 nitrogen and oxygen atoms in total. The SMILES string of the molecule is COc1ccc(F)c(NC(=O)c2cccnc2F)c1. The van der Waals surface area contributed by atoms with Crippen LogP contribution in [0, 0.1) is 11.8 Å². The van der Waals surface area contributed by atoms with E-state index in [-0.39, 0.29) is 11.3 Å². The van der Waals surface area contributed by atoms with Crippen LogP contribution in [0.1, 0.15) is 10.4 Å². The van der Waals surface area contributed by atoms with Gasteiger partial charge in [0, 0.05) is 12.3 Å². The van der Waals surface area contributed by atoms with Gasteiger partial charge in [0.1, 0.15) is 11.6 Å². The monoisotopic (exact) mass is 264 g/mol. The number of methoxy groups -OCH3 is 1. The number of ether oxygens (including phenoxy) is 1. The van der Waals surface area contributed by atoms with E-state index < -0.39 is 17.7 Å². The lowest BCUT2D eigenvalue weighted by atomic mass is 10.2. The van der Waals surface area contributed by atoms with Gasteiger partial charge in [-0.15, -0.1) is 0 Å². The summed E-state index contributed by atoms with van der Waals surface area (Å²) in [5.41, 5.74) is -0.350. The van der Waals surface area contributed by atoms with E-state index in [1.807, 2.05) is 0 Å². The summed E-state index contributed by atoms with van der Waals surface area (Å²) in [5.74, 6) is -1.96. The molecule has 0 bridgehead atoms. The molecule has 2 rings (SSSR count). The summed E-state index contributed by atoms with van der Waals surface area (Å²) in [5, 5.41) is 2.27. The van der Waals surface area contributed by atoms with E-state index in [4.69, 9.17) is 4.74 Å². The Bertz CT molecular complexity index is 617. The second-order valence-corrected chi connectivity index (χ2v) is 3.64. The van der Waals surface area contributed by atoms with E-state index in [0.29, 0.717) is 5.75 Å². The molecule has 1 aromatic heterocycles. The molecule has 1 heterocycles. The van der Waals surface area contributed by atoms with E-state index in [0.717, 1.165) is 6.07 Å². The zero-order valence-electron chi connectivity index (χ0n) is 9.98. The van der Waals surface area contributed by atoms with E-state index in [2.05, 4.69) is 10.3 Å². The number of nitrogens with one attached hydrogen (secondary N) is 1. The molecule has 1 N–H and O–H groups in total. The van der Waals surface area contributed by atoms with E-state index >= 15 is 0 Å². The van der Waals surface area contributed by atoms with Gasteiger partial charge < -0.3 is 10.1 Å². The first-order chi connectivity index (χ1) is 9.11. The summed E-state index contributed by atoms with van der Waals surface area (Å²) < 4.78 is 31.7. The van der Waals surface area contributed by atoms with Crippen LogP contribution in [0.2, 0.25) is 0 Å². The van der Waals surface area contributed by atoms with Gasteiger partial charge in [-0.1, -0.05) is 0 Å². The van der Waals surface area contributed by atoms with Crippen LogP contribution in [-0.2, 0) is 0 Å². The lowest BCUT2D eigenvalue weighted by molar-refractivity contribution is 0.102. The first-order valence-corrected chi connectivity index (χ1v) is 5.37. The van der Waals surface area contributed by atoms with Crippen molar-refractivity contribution in [3.8, 4) is 5.75 Å². The molecule has 0 atom stereocenters. The predicted molar refractivity (Wildman–Crippen MR) is 65.1 cm³/mol. The van der Waals surface area contributed by atoms with Gasteiger partial charge in [0.05, 0.1) is 18.4 Å². The third kappa shape index (κ3) is 2.85. The molecule has 2 aromatic rings. The number of benzene rings is 1. The van der Waals surface area contributed by atoms with Crippen molar-refractivity contribution in [2.24, 2.45) is 0 Å². The Morgan fingerprint density at radius 3 is 2.79 bits per heavy atom. The fraction of sp³-hybridized carbons (Fsp3) is 0.0769. The van der Waals surface area contributed by atoms with Crippen LogP contribution >= 0.6 is 0 Å². The standard InChI is InChI=1S/C13H10F2N2O2/c1-19-8-4-5-10(14)11(7-8)17-13(18)9-3-2-6-16-12(9)15/h2-7H,1H3,(H,17,18). The Morgan fingerprint density at radius 1 is 1.32 bits per heavy atom. The summed E-state index contributed by atoms with van der Waals surface area (Å²) in [7, 11) is 1.42. The minimum atomic E-state index is -0.914. The fourth-order valence-corrected chi connectivity index (χ4v) is 1.47.